The fraction of sp³-hybridized carbons (Fsp3) is 0.300. The van der Waals surface area contributed by atoms with Crippen molar-refractivity contribution < 1.29 is 14.7 Å². The summed E-state index contributed by atoms with van der Waals surface area (Å²) in [7, 11) is 0. The molecule has 0 aliphatic carbocycles. The van der Waals surface area contributed by atoms with E-state index in [9.17, 15) is 14.7 Å². The van der Waals surface area contributed by atoms with Crippen LogP contribution in [0.1, 0.15) is 35.9 Å². The average Bonchev–Trinajstić information content (AvgIpc) is 3.18. The van der Waals surface area contributed by atoms with E-state index >= 15 is 0 Å². The Hall–Kier alpha value is -2.40. The van der Waals surface area contributed by atoms with Crippen molar-refractivity contribution >= 4 is 28.7 Å². The van der Waals surface area contributed by atoms with E-state index in [1.54, 1.807) is 18.7 Å². The van der Waals surface area contributed by atoms with Crippen molar-refractivity contribution in [2.45, 2.75) is 33.7 Å². The number of anilines is 1. The molecule has 1 aromatic carbocycles. The molecule has 5 heteroatoms. The average molecular weight is 355 g/mol. The number of nitrogens with zero attached hydrogens (tertiary/aromatic N) is 1. The van der Waals surface area contributed by atoms with Gasteiger partial charge < -0.3 is 5.11 Å². The first-order valence-corrected chi connectivity index (χ1v) is 9.13. The molecule has 3 rings (SSSR count). The lowest BCUT2D eigenvalue weighted by molar-refractivity contribution is -0.119. The molecule has 0 spiro atoms. The lowest BCUT2D eigenvalue weighted by atomic mass is 9.94. The number of aliphatic hydroxyl groups is 1. The van der Waals surface area contributed by atoms with Gasteiger partial charge in [0.05, 0.1) is 5.57 Å². The molecule has 2 aromatic rings. The van der Waals surface area contributed by atoms with Gasteiger partial charge in [-0.25, -0.2) is 0 Å². The number of rotatable bonds is 4. The van der Waals surface area contributed by atoms with Crippen LogP contribution in [0, 0.1) is 19.8 Å². The molecule has 0 saturated heterocycles. The molecule has 0 fully saturated rings. The standard InChI is InChI=1S/C20H21NO3S/c1-11(2)18(22)16-17(15-9-6-10-25-15)21(20(24)19(16)23)14-8-5-7-12(3)13(14)4/h5-11,17,23H,1-4H3. The molecule has 25 heavy (non-hydrogen) atoms. The summed E-state index contributed by atoms with van der Waals surface area (Å²) >= 11 is 1.47. The van der Waals surface area contributed by atoms with Gasteiger partial charge in [-0.05, 0) is 42.5 Å². The quantitative estimate of drug-likeness (QED) is 0.879. The van der Waals surface area contributed by atoms with E-state index in [1.165, 1.54) is 11.3 Å². The summed E-state index contributed by atoms with van der Waals surface area (Å²) in [6, 6.07) is 8.92. The molecule has 130 valence electrons. The highest BCUT2D eigenvalue weighted by molar-refractivity contribution is 7.10. The van der Waals surface area contributed by atoms with Crippen molar-refractivity contribution in [3.05, 3.63) is 63.0 Å². The molecule has 0 saturated carbocycles. The van der Waals surface area contributed by atoms with Crippen LogP contribution in [0.3, 0.4) is 0 Å². The second kappa shape index (κ2) is 6.48. The summed E-state index contributed by atoms with van der Waals surface area (Å²) in [4.78, 5) is 28.0. The lowest BCUT2D eigenvalue weighted by Gasteiger charge is -2.28. The van der Waals surface area contributed by atoms with E-state index < -0.39 is 17.7 Å². The maximum absolute atomic E-state index is 12.9. The number of hydrogen-bond acceptors (Lipinski definition) is 4. The lowest BCUT2D eigenvalue weighted by Crippen LogP contribution is -2.31. The number of ketones is 1. The van der Waals surface area contributed by atoms with Crippen molar-refractivity contribution in [3.63, 3.8) is 0 Å². The highest BCUT2D eigenvalue weighted by atomic mass is 32.1. The summed E-state index contributed by atoms with van der Waals surface area (Å²) < 4.78 is 0. The maximum atomic E-state index is 12.9. The Morgan fingerprint density at radius 3 is 2.52 bits per heavy atom. The Kier molecular flexibility index (Phi) is 4.52. The molecular formula is C20H21NO3S. The summed E-state index contributed by atoms with van der Waals surface area (Å²) in [5, 5.41) is 12.4. The number of thiophene rings is 1. The van der Waals surface area contributed by atoms with Crippen molar-refractivity contribution in [1.82, 2.24) is 0 Å². The third kappa shape index (κ3) is 2.78. The van der Waals surface area contributed by atoms with Crippen LogP contribution in [0.4, 0.5) is 5.69 Å². The van der Waals surface area contributed by atoms with Crippen LogP contribution >= 0.6 is 11.3 Å². The smallest absolute Gasteiger partial charge is 0.294 e. The van der Waals surface area contributed by atoms with Crippen LogP contribution in [-0.4, -0.2) is 16.8 Å². The zero-order valence-electron chi connectivity index (χ0n) is 14.7. The van der Waals surface area contributed by atoms with Gasteiger partial charge in [0.15, 0.2) is 11.5 Å². The van der Waals surface area contributed by atoms with Gasteiger partial charge in [0.2, 0.25) is 0 Å². The molecule has 2 heterocycles. The topological polar surface area (TPSA) is 57.6 Å². The predicted molar refractivity (Wildman–Crippen MR) is 100.0 cm³/mol. The normalized spacial score (nSPS) is 17.7. The van der Waals surface area contributed by atoms with Gasteiger partial charge in [0.25, 0.3) is 5.91 Å². The van der Waals surface area contributed by atoms with Gasteiger partial charge in [0, 0.05) is 16.5 Å². The summed E-state index contributed by atoms with van der Waals surface area (Å²) in [6.45, 7) is 7.48. The van der Waals surface area contributed by atoms with Gasteiger partial charge in [-0.3, -0.25) is 14.5 Å². The molecule has 1 unspecified atom stereocenters. The van der Waals surface area contributed by atoms with Crippen LogP contribution < -0.4 is 4.90 Å². The van der Waals surface area contributed by atoms with E-state index in [0.717, 1.165) is 21.7 Å². The van der Waals surface area contributed by atoms with Crippen molar-refractivity contribution in [1.29, 1.82) is 0 Å². The van der Waals surface area contributed by atoms with Gasteiger partial charge in [-0.2, -0.15) is 0 Å². The number of amides is 1. The van der Waals surface area contributed by atoms with Crippen molar-refractivity contribution in [2.75, 3.05) is 4.90 Å². The van der Waals surface area contributed by atoms with Crippen LogP contribution in [0.2, 0.25) is 0 Å². The SMILES string of the molecule is Cc1cccc(N2C(=O)C(O)=C(C(=O)C(C)C)C2c2cccs2)c1C. The Labute approximate surface area is 151 Å². The summed E-state index contributed by atoms with van der Waals surface area (Å²) in [5.74, 6) is -1.45. The maximum Gasteiger partial charge on any atom is 0.294 e. The molecule has 1 N–H and O–H groups in total. The Balaban J connectivity index is 2.21. The molecule has 1 atom stereocenters. The van der Waals surface area contributed by atoms with Gasteiger partial charge in [0.1, 0.15) is 6.04 Å². The molecule has 0 radical (unpaired) electrons. The minimum atomic E-state index is -0.581. The molecular weight excluding hydrogens is 334 g/mol. The first kappa shape index (κ1) is 17.4. The number of aliphatic hydroxyl groups excluding tert-OH is 1. The number of hydrogen-bond donors (Lipinski definition) is 1. The van der Waals surface area contributed by atoms with Gasteiger partial charge >= 0.3 is 0 Å². The van der Waals surface area contributed by atoms with Crippen LogP contribution in [-0.2, 0) is 9.59 Å². The van der Waals surface area contributed by atoms with Crippen molar-refractivity contribution in [2.24, 2.45) is 5.92 Å². The molecule has 1 aliphatic heterocycles. The number of benzene rings is 1. The minimum Gasteiger partial charge on any atom is -0.503 e. The molecule has 1 amide bonds. The summed E-state index contributed by atoms with van der Waals surface area (Å²) in [6.07, 6.45) is 0. The van der Waals surface area contributed by atoms with Crippen molar-refractivity contribution in [3.8, 4) is 0 Å². The third-order valence-corrected chi connectivity index (χ3v) is 5.57. The number of carbonyl (C=O) groups excluding carboxylic acids is 2. The van der Waals surface area contributed by atoms with E-state index in [1.807, 2.05) is 49.6 Å². The second-order valence-corrected chi connectivity index (χ2v) is 7.57. The predicted octanol–water partition coefficient (Wildman–Crippen LogP) is 4.49. The number of carbonyl (C=O) groups is 2. The van der Waals surface area contributed by atoms with E-state index in [-0.39, 0.29) is 17.3 Å². The fourth-order valence-corrected chi connectivity index (χ4v) is 3.95. The summed E-state index contributed by atoms with van der Waals surface area (Å²) in [5.41, 5.74) is 2.94. The number of Topliss-reactive ketones (excluding diaryl/α,β-unsaturated/α-hetero) is 1. The highest BCUT2D eigenvalue weighted by Crippen LogP contribution is 2.44. The molecule has 1 aliphatic rings. The zero-order valence-corrected chi connectivity index (χ0v) is 15.6. The second-order valence-electron chi connectivity index (χ2n) is 6.59. The zero-order chi connectivity index (χ0) is 18.3. The molecule has 0 bridgehead atoms. The van der Waals surface area contributed by atoms with Crippen LogP contribution in [0.15, 0.2) is 47.0 Å². The Bertz CT molecular complexity index is 865. The van der Waals surface area contributed by atoms with Gasteiger partial charge in [-0.15, -0.1) is 11.3 Å². The number of aryl methyl sites for hydroxylation is 1. The molecule has 1 aromatic heterocycles. The van der Waals surface area contributed by atoms with E-state index in [2.05, 4.69) is 0 Å². The van der Waals surface area contributed by atoms with Gasteiger partial charge in [-0.1, -0.05) is 32.0 Å². The fourth-order valence-electron chi connectivity index (χ4n) is 3.13. The molecule has 4 nitrogen and oxygen atoms in total. The Morgan fingerprint density at radius 2 is 1.92 bits per heavy atom. The Morgan fingerprint density at radius 1 is 1.20 bits per heavy atom. The monoisotopic (exact) mass is 355 g/mol. The first-order chi connectivity index (χ1) is 11.8. The van der Waals surface area contributed by atoms with E-state index in [4.69, 9.17) is 0 Å². The van der Waals surface area contributed by atoms with Crippen LogP contribution in [0.25, 0.3) is 0 Å². The minimum absolute atomic E-state index is 0.197. The van der Waals surface area contributed by atoms with Crippen LogP contribution in [0.5, 0.6) is 0 Å². The van der Waals surface area contributed by atoms with E-state index in [0.29, 0.717) is 0 Å². The first-order valence-electron chi connectivity index (χ1n) is 8.25. The third-order valence-electron chi connectivity index (χ3n) is 4.65. The highest BCUT2D eigenvalue weighted by Gasteiger charge is 2.45. The largest absolute Gasteiger partial charge is 0.503 e.